The van der Waals surface area contributed by atoms with Gasteiger partial charge in [0.1, 0.15) is 11.6 Å². The summed E-state index contributed by atoms with van der Waals surface area (Å²) in [5, 5.41) is 9.32. The van der Waals surface area contributed by atoms with E-state index >= 15 is 0 Å². The van der Waals surface area contributed by atoms with Crippen LogP contribution < -0.4 is 16.0 Å². The number of hydrogen-bond acceptors (Lipinski definition) is 5. The molecule has 0 spiro atoms. The average molecular weight is 334 g/mol. The number of halogens is 3. The van der Waals surface area contributed by atoms with Gasteiger partial charge < -0.3 is 15.5 Å². The van der Waals surface area contributed by atoms with Crippen molar-refractivity contribution in [2.24, 2.45) is 5.73 Å². The van der Waals surface area contributed by atoms with E-state index in [9.17, 15) is 23.2 Å². The third kappa shape index (κ3) is 2.38. The van der Waals surface area contributed by atoms with Crippen molar-refractivity contribution in [3.8, 4) is 11.9 Å². The summed E-state index contributed by atoms with van der Waals surface area (Å²) in [6.45, 7) is 0. The van der Waals surface area contributed by atoms with Crippen LogP contribution in [0, 0.1) is 11.3 Å². The van der Waals surface area contributed by atoms with Crippen molar-refractivity contribution < 1.29 is 17.9 Å². The van der Waals surface area contributed by atoms with Crippen molar-refractivity contribution in [1.29, 1.82) is 5.26 Å². The third-order valence-corrected chi connectivity index (χ3v) is 3.60. The van der Waals surface area contributed by atoms with Gasteiger partial charge in [-0.05, 0) is 11.6 Å². The van der Waals surface area contributed by atoms with Crippen molar-refractivity contribution in [3.05, 3.63) is 69.1 Å². The highest BCUT2D eigenvalue weighted by Crippen LogP contribution is 2.43. The van der Waals surface area contributed by atoms with Gasteiger partial charge >= 0.3 is 6.18 Å². The molecule has 0 bridgehead atoms. The molecule has 1 aromatic carbocycles. The monoisotopic (exact) mass is 334 g/mol. The Bertz CT molecular complexity index is 941. The minimum atomic E-state index is -4.67. The lowest BCUT2D eigenvalue weighted by molar-refractivity contribution is -0.138. The van der Waals surface area contributed by atoms with Crippen molar-refractivity contribution >= 4 is 0 Å². The molecule has 2 heterocycles. The molecule has 0 saturated carbocycles. The number of aromatic nitrogens is 2. The van der Waals surface area contributed by atoms with Crippen LogP contribution in [0.1, 0.15) is 22.6 Å². The van der Waals surface area contributed by atoms with Gasteiger partial charge in [-0.15, -0.1) is 0 Å². The van der Waals surface area contributed by atoms with Crippen LogP contribution in [0.15, 0.2) is 46.8 Å². The summed E-state index contributed by atoms with van der Waals surface area (Å²) in [5.74, 6) is -1.93. The summed E-state index contributed by atoms with van der Waals surface area (Å²) < 4.78 is 45.2. The first-order chi connectivity index (χ1) is 11.3. The summed E-state index contributed by atoms with van der Waals surface area (Å²) in [6, 6.07) is 6.41. The number of allylic oxidation sites excluding steroid dienone is 1. The molecule has 3 N–H and O–H groups in total. The van der Waals surface area contributed by atoms with Crippen LogP contribution in [-0.4, -0.2) is 9.97 Å². The molecule has 1 aliphatic rings. The van der Waals surface area contributed by atoms with E-state index < -0.39 is 23.2 Å². The largest absolute Gasteiger partial charge is 0.422 e. The van der Waals surface area contributed by atoms with Gasteiger partial charge in [0.25, 0.3) is 5.56 Å². The quantitative estimate of drug-likeness (QED) is 0.830. The average Bonchev–Trinajstić information content (AvgIpc) is 2.53. The lowest BCUT2D eigenvalue weighted by atomic mass is 9.82. The molecule has 0 aliphatic carbocycles. The predicted molar refractivity (Wildman–Crippen MR) is 75.6 cm³/mol. The number of nitrogens with two attached hydrogens (primary N) is 1. The fraction of sp³-hybridized carbons (Fsp3) is 0.133. The van der Waals surface area contributed by atoms with Crippen LogP contribution in [0.25, 0.3) is 0 Å². The molecule has 6 nitrogen and oxygen atoms in total. The molecule has 3 rings (SSSR count). The zero-order valence-corrected chi connectivity index (χ0v) is 11.9. The van der Waals surface area contributed by atoms with Gasteiger partial charge in [0.15, 0.2) is 0 Å². The Kier molecular flexibility index (Phi) is 3.52. The normalized spacial score (nSPS) is 17.0. The summed E-state index contributed by atoms with van der Waals surface area (Å²) >= 11 is 0. The number of fused-ring (bicyclic) bond motifs is 1. The van der Waals surface area contributed by atoms with Crippen LogP contribution >= 0.6 is 0 Å². The molecule has 0 unspecified atom stereocenters. The van der Waals surface area contributed by atoms with Crippen LogP contribution in [0.5, 0.6) is 5.88 Å². The van der Waals surface area contributed by atoms with Crippen molar-refractivity contribution in [2.75, 3.05) is 0 Å². The summed E-state index contributed by atoms with van der Waals surface area (Å²) in [7, 11) is 0. The molecule has 2 aromatic rings. The fourth-order valence-corrected chi connectivity index (χ4v) is 2.61. The number of aromatic amines is 1. The van der Waals surface area contributed by atoms with Crippen molar-refractivity contribution in [3.63, 3.8) is 0 Å². The number of rotatable bonds is 1. The highest BCUT2D eigenvalue weighted by Gasteiger charge is 2.40. The van der Waals surface area contributed by atoms with Gasteiger partial charge in [0.05, 0.1) is 23.4 Å². The van der Waals surface area contributed by atoms with E-state index in [0.717, 1.165) is 12.4 Å². The first kappa shape index (κ1) is 15.6. The minimum Gasteiger partial charge on any atom is -0.422 e. The van der Waals surface area contributed by atoms with Gasteiger partial charge in [-0.3, -0.25) is 4.79 Å². The number of hydrogen-bond donors (Lipinski definition) is 2. The molecule has 122 valence electrons. The van der Waals surface area contributed by atoms with Crippen LogP contribution in [0.2, 0.25) is 0 Å². The van der Waals surface area contributed by atoms with Gasteiger partial charge in [-0.2, -0.15) is 18.4 Å². The second-order valence-corrected chi connectivity index (χ2v) is 4.96. The van der Waals surface area contributed by atoms with E-state index in [1.165, 1.54) is 18.2 Å². The molecule has 0 amide bonds. The summed E-state index contributed by atoms with van der Waals surface area (Å²) in [4.78, 5) is 18.2. The van der Waals surface area contributed by atoms with Crippen molar-refractivity contribution in [2.45, 2.75) is 12.1 Å². The predicted octanol–water partition coefficient (Wildman–Crippen LogP) is 2.01. The van der Waals surface area contributed by atoms with Crippen LogP contribution in [0.3, 0.4) is 0 Å². The van der Waals surface area contributed by atoms with Crippen LogP contribution in [0.4, 0.5) is 13.2 Å². The second-order valence-electron chi connectivity index (χ2n) is 4.96. The molecule has 0 saturated heterocycles. The Balaban J connectivity index is 2.36. The molecule has 0 radical (unpaired) electrons. The van der Waals surface area contributed by atoms with Crippen molar-refractivity contribution in [1.82, 2.24) is 9.97 Å². The van der Waals surface area contributed by atoms with E-state index in [1.54, 1.807) is 6.07 Å². The van der Waals surface area contributed by atoms with Gasteiger partial charge in [0.2, 0.25) is 11.8 Å². The number of nitrogens with one attached hydrogen (secondary N) is 1. The molecular formula is C15H9F3N4O2. The lowest BCUT2D eigenvalue weighted by Gasteiger charge is -2.26. The maximum Gasteiger partial charge on any atom is 0.416 e. The second kappa shape index (κ2) is 5.42. The molecule has 1 aliphatic heterocycles. The van der Waals surface area contributed by atoms with Gasteiger partial charge in [-0.25, -0.2) is 4.98 Å². The zero-order chi connectivity index (χ0) is 17.5. The van der Waals surface area contributed by atoms with Gasteiger partial charge in [-0.1, -0.05) is 18.2 Å². The number of nitrogens with zero attached hydrogens (tertiary/aromatic N) is 2. The van der Waals surface area contributed by atoms with E-state index in [0.29, 0.717) is 0 Å². The zero-order valence-electron chi connectivity index (χ0n) is 11.9. The fourth-order valence-electron chi connectivity index (χ4n) is 2.61. The molecule has 9 heteroatoms. The Morgan fingerprint density at radius 2 is 2.04 bits per heavy atom. The number of ether oxygens (including phenoxy) is 1. The smallest absolute Gasteiger partial charge is 0.416 e. The SMILES string of the molecule is N#CC1=C(N)Oc2nc[nH]c(=O)c2[C@@H]1c1ccccc1C(F)(F)F. The molecule has 1 atom stereocenters. The number of nitriles is 1. The Morgan fingerprint density at radius 1 is 1.33 bits per heavy atom. The minimum absolute atomic E-state index is 0.194. The summed E-state index contributed by atoms with van der Waals surface area (Å²) in [5.41, 5.74) is 3.23. The third-order valence-electron chi connectivity index (χ3n) is 3.60. The van der Waals surface area contributed by atoms with Gasteiger partial charge in [0, 0.05) is 0 Å². The molecule has 1 aromatic heterocycles. The topological polar surface area (TPSA) is 105 Å². The van der Waals surface area contributed by atoms with Crippen LogP contribution in [-0.2, 0) is 6.18 Å². The van der Waals surface area contributed by atoms with E-state index in [2.05, 4.69) is 9.97 Å². The molecule has 24 heavy (non-hydrogen) atoms. The van der Waals surface area contributed by atoms with E-state index in [4.69, 9.17) is 10.5 Å². The maximum atomic E-state index is 13.3. The Morgan fingerprint density at radius 3 is 2.71 bits per heavy atom. The summed E-state index contributed by atoms with van der Waals surface area (Å²) in [6.07, 6.45) is -3.63. The lowest BCUT2D eigenvalue weighted by Crippen LogP contribution is -2.29. The molecular weight excluding hydrogens is 325 g/mol. The highest BCUT2D eigenvalue weighted by atomic mass is 19.4. The maximum absolute atomic E-state index is 13.3. The number of H-pyrrole nitrogens is 1. The molecule has 0 fully saturated rings. The Hall–Kier alpha value is -3.28. The highest BCUT2D eigenvalue weighted by molar-refractivity contribution is 5.54. The Labute approximate surface area is 133 Å². The first-order valence-electron chi connectivity index (χ1n) is 6.66. The first-order valence-corrected chi connectivity index (χ1v) is 6.66. The standard InChI is InChI=1S/C15H9F3N4O2/c16-15(17,18)9-4-2-1-3-7(9)10-8(5-19)12(20)24-14-11(10)13(23)21-6-22-14/h1-4,6,10H,20H2,(H,21,22,23)/t10-/m1/s1. The van der Waals surface area contributed by atoms with E-state index in [-0.39, 0.29) is 28.5 Å². The number of alkyl halides is 3. The van der Waals surface area contributed by atoms with E-state index in [1.807, 2.05) is 0 Å². The number of benzene rings is 1.